The lowest BCUT2D eigenvalue weighted by atomic mass is 10.2. The third-order valence-electron chi connectivity index (χ3n) is 5.61. The topological polar surface area (TPSA) is 105 Å². The van der Waals surface area contributed by atoms with E-state index in [2.05, 4.69) is 10.1 Å². The molecule has 5 rings (SSSR count). The van der Waals surface area contributed by atoms with Crippen molar-refractivity contribution in [1.82, 2.24) is 9.66 Å². The van der Waals surface area contributed by atoms with Crippen LogP contribution in [0.25, 0.3) is 33.5 Å². The summed E-state index contributed by atoms with van der Waals surface area (Å²) in [4.78, 5) is 29.8. The molecule has 2 heterocycles. The molecule has 0 fully saturated rings. The van der Waals surface area contributed by atoms with Gasteiger partial charge in [0.15, 0.2) is 23.9 Å². The molecule has 0 unspecified atom stereocenters. The van der Waals surface area contributed by atoms with Crippen molar-refractivity contribution in [2.75, 3.05) is 20.3 Å². The Kier molecular flexibility index (Phi) is 7.10. The van der Waals surface area contributed by atoms with Gasteiger partial charge in [-0.2, -0.15) is 9.78 Å². The summed E-state index contributed by atoms with van der Waals surface area (Å²) >= 11 is 6.13. The second-order valence-corrected chi connectivity index (χ2v) is 8.55. The summed E-state index contributed by atoms with van der Waals surface area (Å²) in [5.41, 5.74) is 1.38. The number of hydrogen-bond donors (Lipinski definition) is 0. The van der Waals surface area contributed by atoms with Gasteiger partial charge >= 0.3 is 5.97 Å². The predicted molar refractivity (Wildman–Crippen MR) is 144 cm³/mol. The number of para-hydroxylation sites is 1. The summed E-state index contributed by atoms with van der Waals surface area (Å²) in [5.74, 6) is 0.866. The van der Waals surface area contributed by atoms with Crippen molar-refractivity contribution in [3.63, 3.8) is 0 Å². The highest BCUT2D eigenvalue weighted by Gasteiger charge is 2.17. The van der Waals surface area contributed by atoms with Gasteiger partial charge in [0.25, 0.3) is 5.56 Å². The minimum atomic E-state index is -0.483. The first-order valence-electron chi connectivity index (χ1n) is 11.7. The van der Waals surface area contributed by atoms with Crippen molar-refractivity contribution >= 4 is 45.7 Å². The summed E-state index contributed by atoms with van der Waals surface area (Å²) in [5, 5.41) is 6.20. The maximum Gasteiger partial charge on any atom is 0.344 e. The van der Waals surface area contributed by atoms with Gasteiger partial charge in [0.2, 0.25) is 5.82 Å². The van der Waals surface area contributed by atoms with E-state index in [4.69, 9.17) is 30.2 Å². The largest absolute Gasteiger partial charge is 0.493 e. The number of furan rings is 1. The van der Waals surface area contributed by atoms with Crippen LogP contribution in [0.1, 0.15) is 12.5 Å². The highest BCUT2D eigenvalue weighted by Crippen LogP contribution is 2.30. The van der Waals surface area contributed by atoms with Gasteiger partial charge in [-0.25, -0.2) is 9.78 Å². The molecule has 0 spiro atoms. The van der Waals surface area contributed by atoms with Crippen molar-refractivity contribution in [2.45, 2.75) is 6.92 Å². The first kappa shape index (κ1) is 25.0. The summed E-state index contributed by atoms with van der Waals surface area (Å²) in [6.45, 7) is 1.74. The van der Waals surface area contributed by atoms with Gasteiger partial charge in [0.1, 0.15) is 5.58 Å². The fourth-order valence-corrected chi connectivity index (χ4v) is 4.04. The Morgan fingerprint density at radius 3 is 2.76 bits per heavy atom. The number of methoxy groups -OCH3 is 1. The standard InChI is InChI=1S/C28H22ClN3O6/c1-3-36-26(33)16-37-23-10-8-17(12-24(23)35-2)15-30-32-27(31-21-7-5-4-6-20(21)28(32)34)25-14-18-13-19(29)9-11-22(18)38-25/h4-15H,3,16H2,1-2H3. The van der Waals surface area contributed by atoms with Gasteiger partial charge in [-0.05, 0) is 67.1 Å². The molecule has 0 atom stereocenters. The highest BCUT2D eigenvalue weighted by molar-refractivity contribution is 6.31. The Labute approximate surface area is 221 Å². The third kappa shape index (κ3) is 5.09. The molecule has 0 amide bonds. The molecule has 0 bridgehead atoms. The fraction of sp³-hybridized carbons (Fsp3) is 0.143. The first-order chi connectivity index (χ1) is 18.5. The number of benzene rings is 3. The van der Waals surface area contributed by atoms with Gasteiger partial charge in [-0.3, -0.25) is 4.79 Å². The molecule has 0 aliphatic rings. The number of carbonyl (C=O) groups excluding carboxylic acids is 1. The lowest BCUT2D eigenvalue weighted by Gasteiger charge is -2.11. The van der Waals surface area contributed by atoms with Crippen LogP contribution in [-0.2, 0) is 9.53 Å². The van der Waals surface area contributed by atoms with Gasteiger partial charge in [0.05, 0.1) is 30.8 Å². The van der Waals surface area contributed by atoms with Gasteiger partial charge in [-0.1, -0.05) is 23.7 Å². The molecule has 5 aromatic rings. The van der Waals surface area contributed by atoms with E-state index < -0.39 is 5.97 Å². The van der Waals surface area contributed by atoms with E-state index in [0.29, 0.717) is 44.3 Å². The van der Waals surface area contributed by atoms with Crippen LogP contribution in [0.3, 0.4) is 0 Å². The zero-order chi connectivity index (χ0) is 26.6. The number of rotatable bonds is 8. The van der Waals surface area contributed by atoms with E-state index in [-0.39, 0.29) is 24.6 Å². The Morgan fingerprint density at radius 1 is 1.11 bits per heavy atom. The Hall–Kier alpha value is -4.63. The number of esters is 1. The molecule has 3 aromatic carbocycles. The van der Waals surface area contributed by atoms with E-state index in [1.165, 1.54) is 18.0 Å². The van der Waals surface area contributed by atoms with Crippen LogP contribution >= 0.6 is 11.6 Å². The van der Waals surface area contributed by atoms with Crippen molar-refractivity contribution < 1.29 is 23.4 Å². The van der Waals surface area contributed by atoms with Crippen molar-refractivity contribution in [3.8, 4) is 23.1 Å². The molecular weight excluding hydrogens is 510 g/mol. The highest BCUT2D eigenvalue weighted by atomic mass is 35.5. The predicted octanol–water partition coefficient (Wildman–Crippen LogP) is 5.30. The van der Waals surface area contributed by atoms with Crippen LogP contribution in [0.5, 0.6) is 11.5 Å². The first-order valence-corrected chi connectivity index (χ1v) is 12.1. The molecule has 38 heavy (non-hydrogen) atoms. The van der Waals surface area contributed by atoms with Crippen LogP contribution in [0.4, 0.5) is 0 Å². The summed E-state index contributed by atoms with van der Waals surface area (Å²) in [6.07, 6.45) is 1.50. The zero-order valence-electron chi connectivity index (χ0n) is 20.5. The molecule has 0 aliphatic heterocycles. The van der Waals surface area contributed by atoms with Crippen LogP contribution in [0.15, 0.2) is 81.0 Å². The molecule has 10 heteroatoms. The third-order valence-corrected chi connectivity index (χ3v) is 5.85. The Balaban J connectivity index is 1.55. The Morgan fingerprint density at radius 2 is 1.95 bits per heavy atom. The normalized spacial score (nSPS) is 11.3. The van der Waals surface area contributed by atoms with Gasteiger partial charge in [0, 0.05) is 10.4 Å². The molecule has 0 saturated heterocycles. The van der Waals surface area contributed by atoms with E-state index in [0.717, 1.165) is 5.39 Å². The van der Waals surface area contributed by atoms with Gasteiger partial charge < -0.3 is 18.6 Å². The lowest BCUT2D eigenvalue weighted by Crippen LogP contribution is -2.20. The summed E-state index contributed by atoms with van der Waals surface area (Å²) < 4.78 is 23.0. The number of fused-ring (bicyclic) bond motifs is 2. The maximum atomic E-state index is 13.5. The van der Waals surface area contributed by atoms with Crippen molar-refractivity contribution in [2.24, 2.45) is 5.10 Å². The van der Waals surface area contributed by atoms with Crippen molar-refractivity contribution in [1.29, 1.82) is 0 Å². The smallest absolute Gasteiger partial charge is 0.344 e. The summed E-state index contributed by atoms with van der Waals surface area (Å²) in [7, 11) is 1.48. The molecule has 0 N–H and O–H groups in total. The van der Waals surface area contributed by atoms with E-state index in [1.807, 2.05) is 6.07 Å². The monoisotopic (exact) mass is 531 g/mol. The molecular formula is C28H22ClN3O6. The number of hydrogen-bond acceptors (Lipinski definition) is 8. The SMILES string of the molecule is CCOC(=O)COc1ccc(C=Nn2c(-c3cc4cc(Cl)ccc4o3)nc3ccccc3c2=O)cc1OC. The second kappa shape index (κ2) is 10.8. The zero-order valence-corrected chi connectivity index (χ0v) is 21.3. The van der Waals surface area contributed by atoms with Crippen LogP contribution in [0.2, 0.25) is 5.02 Å². The van der Waals surface area contributed by atoms with Crippen molar-refractivity contribution in [3.05, 3.63) is 87.7 Å². The molecule has 192 valence electrons. The average molecular weight is 532 g/mol. The number of carbonyl (C=O) groups is 1. The van der Waals surface area contributed by atoms with Crippen LogP contribution < -0.4 is 15.0 Å². The lowest BCUT2D eigenvalue weighted by molar-refractivity contribution is -0.145. The number of halogens is 1. The number of nitrogens with zero attached hydrogens (tertiary/aromatic N) is 3. The second-order valence-electron chi connectivity index (χ2n) is 8.11. The number of ether oxygens (including phenoxy) is 3. The minimum absolute atomic E-state index is 0.235. The molecule has 0 radical (unpaired) electrons. The summed E-state index contributed by atoms with van der Waals surface area (Å²) in [6, 6.07) is 19.1. The van der Waals surface area contributed by atoms with E-state index in [9.17, 15) is 9.59 Å². The van der Waals surface area contributed by atoms with Gasteiger partial charge in [-0.15, -0.1) is 0 Å². The molecule has 9 nitrogen and oxygen atoms in total. The molecule has 2 aromatic heterocycles. The van der Waals surface area contributed by atoms with E-state index >= 15 is 0 Å². The molecule has 0 saturated carbocycles. The number of aromatic nitrogens is 2. The maximum absolute atomic E-state index is 13.5. The minimum Gasteiger partial charge on any atom is -0.493 e. The van der Waals surface area contributed by atoms with E-state index in [1.54, 1.807) is 67.6 Å². The van der Waals surface area contributed by atoms with Crippen LogP contribution in [0, 0.1) is 0 Å². The molecule has 0 aliphatic carbocycles. The quantitative estimate of drug-likeness (QED) is 0.198. The van der Waals surface area contributed by atoms with Crippen LogP contribution in [-0.4, -0.2) is 42.2 Å². The Bertz CT molecular complexity index is 1740. The fourth-order valence-electron chi connectivity index (χ4n) is 3.86. The average Bonchev–Trinajstić information content (AvgIpc) is 3.34.